The van der Waals surface area contributed by atoms with Gasteiger partial charge in [0.05, 0.1) is 12.2 Å². The number of anilines is 1. The molecule has 4 rings (SSSR count). The first-order valence-corrected chi connectivity index (χ1v) is 12.2. The van der Waals surface area contributed by atoms with Gasteiger partial charge in [-0.1, -0.05) is 19.9 Å². The van der Waals surface area contributed by atoms with Crippen molar-refractivity contribution in [1.82, 2.24) is 19.8 Å². The molecule has 0 saturated carbocycles. The van der Waals surface area contributed by atoms with Crippen LogP contribution in [0.2, 0.25) is 0 Å². The predicted molar refractivity (Wildman–Crippen MR) is 123 cm³/mol. The van der Waals surface area contributed by atoms with E-state index in [0.29, 0.717) is 0 Å². The fourth-order valence-corrected chi connectivity index (χ4v) is 5.24. The van der Waals surface area contributed by atoms with Crippen molar-refractivity contribution >= 4 is 17.2 Å². The minimum Gasteiger partial charge on any atom is -0.383 e. The molecular formula is C23H35N5OS. The standard InChI is InChI=1S/C23H35N5OS/c1-19(2)6-10-26-11-7-23(29,8-12-26)20-18-30-22(25-20)17-27-13-15-28(16-14-27)21-5-3-4-9-24-21/h3-5,9,18-19,29H,6-8,10-17H2,1-2H3. The number of likely N-dealkylation sites (tertiary alicyclic amines) is 1. The fourth-order valence-electron chi connectivity index (χ4n) is 4.31. The second-order valence-electron chi connectivity index (χ2n) is 9.13. The molecule has 6 nitrogen and oxygen atoms in total. The highest BCUT2D eigenvalue weighted by Gasteiger charge is 2.36. The first-order chi connectivity index (χ1) is 14.5. The molecule has 0 aliphatic carbocycles. The number of hydrogen-bond donors (Lipinski definition) is 1. The monoisotopic (exact) mass is 429 g/mol. The Hall–Kier alpha value is -1.54. The van der Waals surface area contributed by atoms with E-state index in [1.54, 1.807) is 11.3 Å². The number of nitrogens with zero attached hydrogens (tertiary/aromatic N) is 5. The van der Waals surface area contributed by atoms with Crippen LogP contribution in [0.1, 0.15) is 43.8 Å². The molecule has 2 saturated heterocycles. The van der Waals surface area contributed by atoms with E-state index in [-0.39, 0.29) is 0 Å². The highest BCUT2D eigenvalue weighted by molar-refractivity contribution is 7.09. The minimum absolute atomic E-state index is 0.734. The topological polar surface area (TPSA) is 55.7 Å². The molecule has 0 aromatic carbocycles. The maximum Gasteiger partial charge on any atom is 0.128 e. The lowest BCUT2D eigenvalue weighted by Gasteiger charge is -2.37. The molecule has 0 amide bonds. The van der Waals surface area contributed by atoms with Gasteiger partial charge in [-0.2, -0.15) is 0 Å². The Labute approximate surface area is 184 Å². The van der Waals surface area contributed by atoms with Crippen molar-refractivity contribution in [2.45, 2.75) is 45.3 Å². The van der Waals surface area contributed by atoms with Gasteiger partial charge in [-0.15, -0.1) is 11.3 Å². The Morgan fingerprint density at radius 1 is 1.07 bits per heavy atom. The number of piperazine rings is 1. The molecule has 0 bridgehead atoms. The zero-order valence-corrected chi connectivity index (χ0v) is 19.2. The smallest absolute Gasteiger partial charge is 0.128 e. The molecule has 2 aromatic rings. The number of aromatic nitrogens is 2. The summed E-state index contributed by atoms with van der Waals surface area (Å²) >= 11 is 1.70. The Kier molecular flexibility index (Phi) is 7.03. The largest absolute Gasteiger partial charge is 0.383 e. The van der Waals surface area contributed by atoms with Crippen LogP contribution in [0.5, 0.6) is 0 Å². The maximum absolute atomic E-state index is 11.2. The second kappa shape index (κ2) is 9.73. The molecule has 2 aromatic heterocycles. The molecule has 7 heteroatoms. The molecule has 30 heavy (non-hydrogen) atoms. The van der Waals surface area contributed by atoms with Crippen molar-refractivity contribution in [3.8, 4) is 0 Å². The number of thiazole rings is 1. The lowest BCUT2D eigenvalue weighted by atomic mass is 9.88. The molecule has 0 spiro atoms. The van der Waals surface area contributed by atoms with Gasteiger partial charge < -0.3 is 14.9 Å². The summed E-state index contributed by atoms with van der Waals surface area (Å²) in [5.41, 5.74) is 0.138. The average Bonchev–Trinajstić information content (AvgIpc) is 3.24. The van der Waals surface area contributed by atoms with E-state index in [9.17, 15) is 5.11 Å². The van der Waals surface area contributed by atoms with Crippen molar-refractivity contribution < 1.29 is 5.11 Å². The van der Waals surface area contributed by atoms with Crippen LogP contribution < -0.4 is 4.90 Å². The van der Waals surface area contributed by atoms with Crippen molar-refractivity contribution in [3.05, 3.63) is 40.5 Å². The second-order valence-corrected chi connectivity index (χ2v) is 10.1. The Bertz CT molecular complexity index is 780. The lowest BCUT2D eigenvalue weighted by Crippen LogP contribution is -2.46. The molecule has 0 radical (unpaired) electrons. The fraction of sp³-hybridized carbons (Fsp3) is 0.652. The Morgan fingerprint density at radius 2 is 1.83 bits per heavy atom. The quantitative estimate of drug-likeness (QED) is 0.730. The average molecular weight is 430 g/mol. The first-order valence-electron chi connectivity index (χ1n) is 11.3. The third kappa shape index (κ3) is 5.38. The summed E-state index contributed by atoms with van der Waals surface area (Å²) in [5, 5.41) is 14.4. The molecule has 1 N–H and O–H groups in total. The van der Waals surface area contributed by atoms with Gasteiger partial charge in [0.25, 0.3) is 0 Å². The SMILES string of the molecule is CC(C)CCN1CCC(O)(c2csc(CN3CCN(c4ccccn4)CC3)n2)CC1. The van der Waals surface area contributed by atoms with Crippen molar-refractivity contribution in [2.24, 2.45) is 5.92 Å². The summed E-state index contributed by atoms with van der Waals surface area (Å²) in [5.74, 6) is 1.80. The highest BCUT2D eigenvalue weighted by atomic mass is 32.1. The highest BCUT2D eigenvalue weighted by Crippen LogP contribution is 2.34. The van der Waals surface area contributed by atoms with Gasteiger partial charge in [0, 0.05) is 50.8 Å². The van der Waals surface area contributed by atoms with Crippen LogP contribution in [-0.4, -0.2) is 70.7 Å². The molecule has 2 aliphatic heterocycles. The van der Waals surface area contributed by atoms with E-state index >= 15 is 0 Å². The van der Waals surface area contributed by atoms with Gasteiger partial charge in [-0.25, -0.2) is 9.97 Å². The molecule has 4 heterocycles. The first kappa shape index (κ1) is 21.7. The number of piperidine rings is 1. The molecular weight excluding hydrogens is 394 g/mol. The lowest BCUT2D eigenvalue weighted by molar-refractivity contribution is -0.0296. The normalized spacial score (nSPS) is 20.7. The number of hydrogen-bond acceptors (Lipinski definition) is 7. The van der Waals surface area contributed by atoms with E-state index in [1.165, 1.54) is 6.42 Å². The molecule has 0 unspecified atom stereocenters. The zero-order valence-electron chi connectivity index (χ0n) is 18.3. The van der Waals surface area contributed by atoms with Gasteiger partial charge in [-0.3, -0.25) is 4.90 Å². The minimum atomic E-state index is -0.749. The van der Waals surface area contributed by atoms with Crippen LogP contribution in [0.15, 0.2) is 29.8 Å². The van der Waals surface area contributed by atoms with E-state index in [1.807, 2.05) is 18.3 Å². The predicted octanol–water partition coefficient (Wildman–Crippen LogP) is 3.19. The van der Waals surface area contributed by atoms with Crippen LogP contribution in [0.4, 0.5) is 5.82 Å². The summed E-state index contributed by atoms with van der Waals surface area (Å²) in [6, 6.07) is 6.09. The summed E-state index contributed by atoms with van der Waals surface area (Å²) < 4.78 is 0. The molecule has 2 aliphatic rings. The van der Waals surface area contributed by atoms with Crippen LogP contribution in [0.25, 0.3) is 0 Å². The van der Waals surface area contributed by atoms with Crippen LogP contribution in [-0.2, 0) is 12.1 Å². The van der Waals surface area contributed by atoms with Gasteiger partial charge in [0.2, 0.25) is 0 Å². The van der Waals surface area contributed by atoms with E-state index in [4.69, 9.17) is 4.98 Å². The molecule has 164 valence electrons. The maximum atomic E-state index is 11.2. The van der Waals surface area contributed by atoms with E-state index < -0.39 is 5.60 Å². The summed E-state index contributed by atoms with van der Waals surface area (Å²) in [7, 11) is 0. The number of aliphatic hydroxyl groups is 1. The summed E-state index contributed by atoms with van der Waals surface area (Å²) in [4.78, 5) is 16.6. The van der Waals surface area contributed by atoms with Crippen LogP contribution >= 0.6 is 11.3 Å². The third-order valence-corrected chi connectivity index (χ3v) is 7.27. The van der Waals surface area contributed by atoms with Crippen molar-refractivity contribution in [3.63, 3.8) is 0 Å². The van der Waals surface area contributed by atoms with E-state index in [2.05, 4.69) is 45.0 Å². The molecule has 2 fully saturated rings. The van der Waals surface area contributed by atoms with Gasteiger partial charge in [0.1, 0.15) is 16.4 Å². The third-order valence-electron chi connectivity index (χ3n) is 6.44. The van der Waals surface area contributed by atoms with Gasteiger partial charge in [0.15, 0.2) is 0 Å². The van der Waals surface area contributed by atoms with Gasteiger partial charge in [-0.05, 0) is 43.9 Å². The van der Waals surface area contributed by atoms with E-state index in [0.717, 1.165) is 87.6 Å². The summed E-state index contributed by atoms with van der Waals surface area (Å²) in [6.07, 6.45) is 4.67. The zero-order chi connectivity index (χ0) is 21.0. The van der Waals surface area contributed by atoms with Crippen molar-refractivity contribution in [1.29, 1.82) is 0 Å². The Morgan fingerprint density at radius 3 is 2.50 bits per heavy atom. The Balaban J connectivity index is 1.27. The summed E-state index contributed by atoms with van der Waals surface area (Å²) in [6.45, 7) is 12.5. The van der Waals surface area contributed by atoms with Gasteiger partial charge >= 0.3 is 0 Å². The number of pyridine rings is 1. The van der Waals surface area contributed by atoms with Crippen LogP contribution in [0.3, 0.4) is 0 Å². The molecule has 0 atom stereocenters. The number of rotatable bonds is 7. The van der Waals surface area contributed by atoms with Crippen LogP contribution in [0, 0.1) is 5.92 Å². The van der Waals surface area contributed by atoms with Crippen molar-refractivity contribution in [2.75, 3.05) is 50.7 Å².